The lowest BCUT2D eigenvalue weighted by Crippen LogP contribution is -2.23. The molecule has 4 aliphatic carbocycles. The highest BCUT2D eigenvalue weighted by molar-refractivity contribution is 5.56. The van der Waals surface area contributed by atoms with Crippen LogP contribution in [0.5, 0.6) is 0 Å². The van der Waals surface area contributed by atoms with Gasteiger partial charge in [0.15, 0.2) is 0 Å². The zero-order valence-electron chi connectivity index (χ0n) is 13.0. The average molecular weight is 310 g/mol. The first-order valence-electron chi connectivity index (χ1n) is 8.49. The zero-order valence-corrected chi connectivity index (χ0v) is 13.0. The highest BCUT2D eigenvalue weighted by atomic mass is 14.6. The van der Waals surface area contributed by atoms with E-state index in [4.69, 9.17) is 0 Å². The van der Waals surface area contributed by atoms with Crippen molar-refractivity contribution in [3.63, 3.8) is 0 Å². The molecule has 1 aromatic carbocycles. The molecule has 114 valence electrons. The second-order valence-electron chi connectivity index (χ2n) is 7.63. The number of rotatable bonds is 0. The zero-order chi connectivity index (χ0) is 16.6. The molecule has 0 radical (unpaired) electrons. The Kier molecular flexibility index (Phi) is 2.48. The lowest BCUT2D eigenvalue weighted by atomic mass is 9.72. The molecule has 4 bridgehead atoms. The maximum Gasteiger partial charge on any atom is 0.0696 e. The number of fused-ring (bicyclic) bond motifs is 10. The van der Waals surface area contributed by atoms with Gasteiger partial charge in [0.25, 0.3) is 0 Å². The van der Waals surface area contributed by atoms with Crippen molar-refractivity contribution in [1.29, 1.82) is 21.0 Å². The molecule has 2 saturated carbocycles. The fourth-order valence-corrected chi connectivity index (χ4v) is 6.05. The summed E-state index contributed by atoms with van der Waals surface area (Å²) in [5, 5.41) is 37.9. The van der Waals surface area contributed by atoms with Crippen LogP contribution in [-0.4, -0.2) is 0 Å². The maximum atomic E-state index is 9.48. The first kappa shape index (κ1) is 13.6. The SMILES string of the molecule is N#CC1C2CC(c3cc4c(cc32)C2CC4C(C#N)C2C#N)C1C#N. The fraction of sp³-hybridized carbons (Fsp3) is 0.500. The van der Waals surface area contributed by atoms with E-state index in [1.165, 1.54) is 22.3 Å². The number of benzene rings is 1. The molecule has 8 atom stereocenters. The predicted molar refractivity (Wildman–Crippen MR) is 83.1 cm³/mol. The van der Waals surface area contributed by atoms with Crippen molar-refractivity contribution in [2.24, 2.45) is 23.7 Å². The minimum atomic E-state index is -0.206. The summed E-state index contributed by atoms with van der Waals surface area (Å²) in [6, 6.07) is 13.9. The van der Waals surface area contributed by atoms with Gasteiger partial charge in [-0.1, -0.05) is 12.1 Å². The number of hydrogen-bond donors (Lipinski definition) is 0. The van der Waals surface area contributed by atoms with Gasteiger partial charge in [-0.3, -0.25) is 0 Å². The third kappa shape index (κ3) is 1.32. The van der Waals surface area contributed by atoms with Crippen LogP contribution in [0.15, 0.2) is 12.1 Å². The van der Waals surface area contributed by atoms with Crippen LogP contribution in [0.3, 0.4) is 0 Å². The van der Waals surface area contributed by atoms with E-state index in [9.17, 15) is 21.0 Å². The molecular weight excluding hydrogens is 296 g/mol. The monoisotopic (exact) mass is 310 g/mol. The Labute approximate surface area is 140 Å². The van der Waals surface area contributed by atoms with Gasteiger partial charge in [0.1, 0.15) is 0 Å². The predicted octanol–water partition coefficient (Wildman–Crippen LogP) is 3.41. The van der Waals surface area contributed by atoms with Gasteiger partial charge < -0.3 is 0 Å². The molecule has 2 fully saturated rings. The summed E-state index contributed by atoms with van der Waals surface area (Å²) in [5.74, 6) is -0.170. The molecule has 0 heterocycles. The smallest absolute Gasteiger partial charge is 0.0696 e. The van der Waals surface area contributed by atoms with Crippen molar-refractivity contribution in [2.75, 3.05) is 0 Å². The van der Waals surface area contributed by atoms with E-state index in [-0.39, 0.29) is 47.3 Å². The Bertz CT molecular complexity index is 786. The summed E-state index contributed by atoms with van der Waals surface area (Å²) in [6.07, 6.45) is 1.79. The molecule has 0 spiro atoms. The van der Waals surface area contributed by atoms with Crippen LogP contribution < -0.4 is 0 Å². The second-order valence-corrected chi connectivity index (χ2v) is 7.63. The van der Waals surface area contributed by atoms with Crippen molar-refractivity contribution in [1.82, 2.24) is 0 Å². The van der Waals surface area contributed by atoms with Gasteiger partial charge in [0.2, 0.25) is 0 Å². The topological polar surface area (TPSA) is 95.2 Å². The normalized spacial score (nSPS) is 42.5. The van der Waals surface area contributed by atoms with E-state index in [1.54, 1.807) is 0 Å². The minimum Gasteiger partial charge on any atom is -0.198 e. The molecule has 24 heavy (non-hydrogen) atoms. The molecule has 0 saturated heterocycles. The summed E-state index contributed by atoms with van der Waals surface area (Å²) in [7, 11) is 0. The minimum absolute atomic E-state index is 0.163. The molecule has 5 rings (SSSR count). The molecule has 4 heteroatoms. The molecule has 4 aliphatic rings. The first-order chi connectivity index (χ1) is 11.7. The van der Waals surface area contributed by atoms with Gasteiger partial charge >= 0.3 is 0 Å². The van der Waals surface area contributed by atoms with Gasteiger partial charge in [-0.25, -0.2) is 0 Å². The van der Waals surface area contributed by atoms with E-state index >= 15 is 0 Å². The summed E-state index contributed by atoms with van der Waals surface area (Å²) in [5.41, 5.74) is 4.92. The van der Waals surface area contributed by atoms with Crippen LogP contribution in [0, 0.1) is 69.0 Å². The van der Waals surface area contributed by atoms with Crippen LogP contribution in [0.1, 0.15) is 58.8 Å². The van der Waals surface area contributed by atoms with Gasteiger partial charge in [0.05, 0.1) is 47.9 Å². The summed E-state index contributed by atoms with van der Waals surface area (Å²) in [6.45, 7) is 0. The van der Waals surface area contributed by atoms with Crippen molar-refractivity contribution in [3.05, 3.63) is 34.4 Å². The highest BCUT2D eigenvalue weighted by Crippen LogP contribution is 2.64. The molecule has 0 amide bonds. The standard InChI is InChI=1S/C20H14N4/c21-5-17-13-3-15(19(17)7-23)11-2-12-10(1-9(11)13)14-4-16(12)20(8-24)18(14)6-22/h1-2,13-20H,3-4H2. The summed E-state index contributed by atoms with van der Waals surface area (Å²) < 4.78 is 0. The Hall–Kier alpha value is -2.82. The Balaban J connectivity index is 1.66. The van der Waals surface area contributed by atoms with E-state index in [1.807, 2.05) is 0 Å². The Morgan fingerprint density at radius 3 is 1.00 bits per heavy atom. The van der Waals surface area contributed by atoms with Crippen molar-refractivity contribution >= 4 is 0 Å². The molecule has 0 N–H and O–H groups in total. The van der Waals surface area contributed by atoms with Gasteiger partial charge in [0, 0.05) is 23.7 Å². The van der Waals surface area contributed by atoms with E-state index in [0.717, 1.165) is 12.8 Å². The summed E-state index contributed by atoms with van der Waals surface area (Å²) in [4.78, 5) is 0. The van der Waals surface area contributed by atoms with Crippen molar-refractivity contribution in [2.45, 2.75) is 36.5 Å². The lowest BCUT2D eigenvalue weighted by molar-refractivity contribution is 0.470. The third-order valence-electron chi connectivity index (χ3n) is 7.01. The average Bonchev–Trinajstić information content (AvgIpc) is 3.34. The summed E-state index contributed by atoms with van der Waals surface area (Å²) >= 11 is 0. The first-order valence-corrected chi connectivity index (χ1v) is 8.49. The van der Waals surface area contributed by atoms with Crippen LogP contribution in [0.25, 0.3) is 0 Å². The van der Waals surface area contributed by atoms with Crippen LogP contribution >= 0.6 is 0 Å². The van der Waals surface area contributed by atoms with Crippen molar-refractivity contribution < 1.29 is 0 Å². The van der Waals surface area contributed by atoms with E-state index in [2.05, 4.69) is 36.4 Å². The molecule has 8 unspecified atom stereocenters. The Morgan fingerprint density at radius 2 is 0.792 bits per heavy atom. The molecule has 1 aromatic rings. The van der Waals surface area contributed by atoms with Crippen LogP contribution in [0.4, 0.5) is 0 Å². The maximum absolute atomic E-state index is 9.48. The lowest BCUT2D eigenvalue weighted by Gasteiger charge is -2.29. The van der Waals surface area contributed by atoms with Gasteiger partial charge in [-0.15, -0.1) is 0 Å². The molecule has 4 nitrogen and oxygen atoms in total. The molecule has 0 aliphatic heterocycles. The molecular formula is C20H14N4. The number of hydrogen-bond acceptors (Lipinski definition) is 4. The molecule has 0 aromatic heterocycles. The van der Waals surface area contributed by atoms with Crippen LogP contribution in [-0.2, 0) is 0 Å². The van der Waals surface area contributed by atoms with E-state index < -0.39 is 0 Å². The third-order valence-corrected chi connectivity index (χ3v) is 7.01. The quantitative estimate of drug-likeness (QED) is 0.733. The second kappa shape index (κ2) is 4.38. The fourth-order valence-electron chi connectivity index (χ4n) is 6.05. The van der Waals surface area contributed by atoms with Crippen LogP contribution in [0.2, 0.25) is 0 Å². The van der Waals surface area contributed by atoms with Gasteiger partial charge in [-0.05, 0) is 35.1 Å². The Morgan fingerprint density at radius 1 is 0.542 bits per heavy atom. The van der Waals surface area contributed by atoms with Crippen molar-refractivity contribution in [3.8, 4) is 24.3 Å². The highest BCUT2D eigenvalue weighted by Gasteiger charge is 2.55. The van der Waals surface area contributed by atoms with E-state index in [0.29, 0.717) is 0 Å². The number of nitriles is 4. The largest absolute Gasteiger partial charge is 0.198 e. The number of nitrogens with zero attached hydrogens (tertiary/aromatic N) is 4. The van der Waals surface area contributed by atoms with Gasteiger partial charge in [-0.2, -0.15) is 21.0 Å².